The molecule has 0 aliphatic carbocycles. The van der Waals surface area contributed by atoms with Crippen LogP contribution in [0, 0.1) is 0 Å². The number of hydrogen-bond donors (Lipinski definition) is 3. The van der Waals surface area contributed by atoms with Gasteiger partial charge >= 0.3 is 18.0 Å². The van der Waals surface area contributed by atoms with Crippen LogP contribution in [0.15, 0.2) is 24.3 Å². The standard InChI is InChI=1S/C14H17N3O6/c15-17(14(20)21)10-4-1-3-9(7-10)8-22-12(18)13(19)23-11-5-2-6-16-11/h1,3-4,7,11,16H,2,5-6,8,15H2,(H,20,21)/t11-/m1/s1. The van der Waals surface area contributed by atoms with Gasteiger partial charge in [0.2, 0.25) is 0 Å². The highest BCUT2D eigenvalue weighted by Gasteiger charge is 2.24. The third-order valence-corrected chi connectivity index (χ3v) is 3.20. The molecule has 1 aromatic carbocycles. The summed E-state index contributed by atoms with van der Waals surface area (Å²) in [7, 11) is 0. The van der Waals surface area contributed by atoms with Gasteiger partial charge in [-0.15, -0.1) is 0 Å². The number of rotatable bonds is 4. The van der Waals surface area contributed by atoms with Crippen LogP contribution in [0.3, 0.4) is 0 Å². The Bertz CT molecular complexity index is 600. The van der Waals surface area contributed by atoms with Crippen LogP contribution in [0.4, 0.5) is 10.5 Å². The number of benzene rings is 1. The fourth-order valence-corrected chi connectivity index (χ4v) is 2.04. The zero-order chi connectivity index (χ0) is 16.8. The van der Waals surface area contributed by atoms with E-state index in [-0.39, 0.29) is 12.3 Å². The summed E-state index contributed by atoms with van der Waals surface area (Å²) in [6.07, 6.45) is -0.256. The lowest BCUT2D eigenvalue weighted by Gasteiger charge is -2.14. The average molecular weight is 323 g/mol. The lowest BCUT2D eigenvalue weighted by atomic mass is 10.2. The average Bonchev–Trinajstić information content (AvgIpc) is 3.04. The van der Waals surface area contributed by atoms with E-state index in [0.29, 0.717) is 17.0 Å². The number of carboxylic acid groups (broad SMARTS) is 1. The number of nitrogens with one attached hydrogen (secondary N) is 1. The second-order valence-corrected chi connectivity index (χ2v) is 4.89. The number of esters is 2. The van der Waals surface area contributed by atoms with Crippen molar-refractivity contribution >= 4 is 23.7 Å². The number of hydrogen-bond acceptors (Lipinski definition) is 7. The number of nitrogens with two attached hydrogens (primary N) is 1. The van der Waals surface area contributed by atoms with Crippen LogP contribution in [0.25, 0.3) is 0 Å². The molecule has 1 aliphatic heterocycles. The summed E-state index contributed by atoms with van der Waals surface area (Å²) < 4.78 is 9.77. The van der Waals surface area contributed by atoms with Gasteiger partial charge in [0.25, 0.3) is 0 Å². The normalized spacial score (nSPS) is 16.7. The van der Waals surface area contributed by atoms with Gasteiger partial charge in [-0.3, -0.25) is 5.32 Å². The van der Waals surface area contributed by atoms with Gasteiger partial charge in [0.15, 0.2) is 6.23 Å². The van der Waals surface area contributed by atoms with Gasteiger partial charge in [-0.05, 0) is 37.1 Å². The first-order valence-corrected chi connectivity index (χ1v) is 6.95. The van der Waals surface area contributed by atoms with Gasteiger partial charge in [-0.1, -0.05) is 12.1 Å². The molecular formula is C14H17N3O6. The van der Waals surface area contributed by atoms with E-state index in [1.54, 1.807) is 12.1 Å². The van der Waals surface area contributed by atoms with Crippen molar-refractivity contribution in [3.05, 3.63) is 29.8 Å². The first-order valence-electron chi connectivity index (χ1n) is 6.95. The molecule has 1 aliphatic rings. The van der Waals surface area contributed by atoms with Crippen molar-refractivity contribution in [1.29, 1.82) is 0 Å². The topological polar surface area (TPSA) is 131 Å². The van der Waals surface area contributed by atoms with Crippen molar-refractivity contribution in [2.45, 2.75) is 25.7 Å². The number of carbonyl (C=O) groups is 3. The number of amides is 1. The maximum absolute atomic E-state index is 11.6. The second-order valence-electron chi connectivity index (χ2n) is 4.89. The Morgan fingerprint density at radius 1 is 1.35 bits per heavy atom. The smallest absolute Gasteiger partial charge is 0.426 e. The molecule has 1 atom stereocenters. The van der Waals surface area contributed by atoms with Crippen LogP contribution in [-0.2, 0) is 25.7 Å². The lowest BCUT2D eigenvalue weighted by molar-refractivity contribution is -0.172. The van der Waals surface area contributed by atoms with Crippen LogP contribution < -0.4 is 16.2 Å². The zero-order valence-corrected chi connectivity index (χ0v) is 12.2. The van der Waals surface area contributed by atoms with E-state index >= 15 is 0 Å². The number of nitrogens with zero attached hydrogens (tertiary/aromatic N) is 1. The molecule has 1 saturated heterocycles. The lowest BCUT2D eigenvalue weighted by Crippen LogP contribution is -2.36. The summed E-state index contributed by atoms with van der Waals surface area (Å²) in [6.45, 7) is 0.534. The maximum atomic E-state index is 11.6. The molecule has 124 valence electrons. The highest BCUT2D eigenvalue weighted by atomic mass is 16.6. The predicted octanol–water partition coefficient (Wildman–Crippen LogP) is 0.341. The molecule has 1 fully saturated rings. The molecule has 9 nitrogen and oxygen atoms in total. The Kier molecular flexibility index (Phi) is 5.50. The minimum absolute atomic E-state index is 0.201. The van der Waals surface area contributed by atoms with E-state index < -0.39 is 24.3 Å². The molecule has 0 saturated carbocycles. The molecule has 4 N–H and O–H groups in total. The highest BCUT2D eigenvalue weighted by molar-refractivity contribution is 6.29. The quantitative estimate of drug-likeness (QED) is 0.238. The van der Waals surface area contributed by atoms with E-state index in [9.17, 15) is 14.4 Å². The van der Waals surface area contributed by atoms with Gasteiger partial charge in [-0.2, -0.15) is 0 Å². The van der Waals surface area contributed by atoms with E-state index in [1.165, 1.54) is 12.1 Å². The summed E-state index contributed by atoms with van der Waals surface area (Å²) >= 11 is 0. The largest absolute Gasteiger partial charge is 0.464 e. The van der Waals surface area contributed by atoms with Crippen molar-refractivity contribution < 1.29 is 29.0 Å². The molecule has 0 unspecified atom stereocenters. The summed E-state index contributed by atoms with van der Waals surface area (Å²) in [4.78, 5) is 33.9. The molecule has 1 amide bonds. The Hall–Kier alpha value is -2.65. The minimum Gasteiger partial charge on any atom is -0.464 e. The molecule has 0 spiro atoms. The Morgan fingerprint density at radius 2 is 2.13 bits per heavy atom. The molecule has 0 aromatic heterocycles. The Labute approximate surface area is 131 Å². The molecule has 0 radical (unpaired) electrons. The SMILES string of the molecule is NN(C(=O)O)c1cccc(COC(=O)C(=O)O[C@@H]2CCCN2)c1. The van der Waals surface area contributed by atoms with Crippen molar-refractivity contribution in [2.24, 2.45) is 5.84 Å². The van der Waals surface area contributed by atoms with E-state index in [4.69, 9.17) is 20.4 Å². The number of hydrazine groups is 1. The zero-order valence-electron chi connectivity index (χ0n) is 12.2. The van der Waals surface area contributed by atoms with Crippen molar-refractivity contribution in [1.82, 2.24) is 5.32 Å². The third kappa shape index (κ3) is 4.66. The monoisotopic (exact) mass is 323 g/mol. The first-order chi connectivity index (χ1) is 11.0. The number of carbonyl (C=O) groups excluding carboxylic acids is 2. The van der Waals surface area contributed by atoms with Crippen LogP contribution in [0.5, 0.6) is 0 Å². The molecule has 9 heteroatoms. The van der Waals surface area contributed by atoms with Gasteiger partial charge < -0.3 is 14.6 Å². The van der Waals surface area contributed by atoms with E-state index in [2.05, 4.69) is 5.32 Å². The van der Waals surface area contributed by atoms with Gasteiger partial charge in [-0.25, -0.2) is 25.2 Å². The third-order valence-electron chi connectivity index (χ3n) is 3.20. The minimum atomic E-state index is -1.33. The Morgan fingerprint density at radius 3 is 2.78 bits per heavy atom. The predicted molar refractivity (Wildman–Crippen MR) is 78.0 cm³/mol. The first kappa shape index (κ1) is 16.7. The molecule has 0 bridgehead atoms. The maximum Gasteiger partial charge on any atom is 0.426 e. The van der Waals surface area contributed by atoms with Crippen molar-refractivity contribution in [3.8, 4) is 0 Å². The van der Waals surface area contributed by atoms with Crippen LogP contribution in [-0.4, -0.2) is 35.9 Å². The fraction of sp³-hybridized carbons (Fsp3) is 0.357. The van der Waals surface area contributed by atoms with Crippen LogP contribution >= 0.6 is 0 Å². The molecule has 23 heavy (non-hydrogen) atoms. The number of ether oxygens (including phenoxy) is 2. The second kappa shape index (κ2) is 7.56. The van der Waals surface area contributed by atoms with Gasteiger partial charge in [0, 0.05) is 0 Å². The van der Waals surface area contributed by atoms with Crippen molar-refractivity contribution in [3.63, 3.8) is 0 Å². The summed E-state index contributed by atoms with van der Waals surface area (Å²) in [5.41, 5.74) is 0.697. The van der Waals surface area contributed by atoms with Crippen molar-refractivity contribution in [2.75, 3.05) is 11.6 Å². The van der Waals surface area contributed by atoms with E-state index in [1.807, 2.05) is 0 Å². The molecule has 1 heterocycles. The summed E-state index contributed by atoms with van der Waals surface area (Å²) in [6, 6.07) is 6.09. The summed E-state index contributed by atoms with van der Waals surface area (Å²) in [5.74, 6) is 3.18. The van der Waals surface area contributed by atoms with Crippen LogP contribution in [0.2, 0.25) is 0 Å². The fourth-order valence-electron chi connectivity index (χ4n) is 2.04. The Balaban J connectivity index is 1.87. The highest BCUT2D eigenvalue weighted by Crippen LogP contribution is 2.15. The summed E-state index contributed by atoms with van der Waals surface area (Å²) in [5, 5.41) is 12.3. The molecular weight excluding hydrogens is 306 g/mol. The molecule has 2 rings (SSSR count). The van der Waals surface area contributed by atoms with E-state index in [0.717, 1.165) is 13.0 Å². The molecule has 1 aromatic rings. The number of anilines is 1. The van der Waals surface area contributed by atoms with Gasteiger partial charge in [0.1, 0.15) is 6.61 Å². The van der Waals surface area contributed by atoms with Gasteiger partial charge in [0.05, 0.1) is 5.69 Å². The van der Waals surface area contributed by atoms with Crippen LogP contribution in [0.1, 0.15) is 18.4 Å².